The van der Waals surface area contributed by atoms with Crippen molar-refractivity contribution in [1.82, 2.24) is 15.5 Å². The Balaban J connectivity index is 0.00000441. The van der Waals surface area contributed by atoms with Gasteiger partial charge in [0.1, 0.15) is 0 Å². The second-order valence-corrected chi connectivity index (χ2v) is 5.88. The first kappa shape index (κ1) is 21.9. The lowest BCUT2D eigenvalue weighted by Gasteiger charge is -2.30. The van der Waals surface area contributed by atoms with Crippen molar-refractivity contribution in [2.24, 2.45) is 10.9 Å². The van der Waals surface area contributed by atoms with Crippen molar-refractivity contribution in [2.75, 3.05) is 53.0 Å². The molecule has 0 bridgehead atoms. The van der Waals surface area contributed by atoms with Crippen LogP contribution in [0.15, 0.2) is 4.99 Å². The number of piperidine rings is 1. The maximum atomic E-state index is 5.33. The fourth-order valence-electron chi connectivity index (χ4n) is 2.72. The van der Waals surface area contributed by atoms with Gasteiger partial charge < -0.3 is 20.3 Å². The third-order valence-corrected chi connectivity index (χ3v) is 3.90. The molecule has 6 heteroatoms. The van der Waals surface area contributed by atoms with Crippen LogP contribution in [0.2, 0.25) is 0 Å². The molecule has 0 aliphatic carbocycles. The van der Waals surface area contributed by atoms with Crippen LogP contribution >= 0.6 is 24.0 Å². The molecule has 0 radical (unpaired) electrons. The maximum Gasteiger partial charge on any atom is 0.191 e. The summed E-state index contributed by atoms with van der Waals surface area (Å²) >= 11 is 0. The minimum Gasteiger partial charge on any atom is -0.382 e. The van der Waals surface area contributed by atoms with E-state index in [2.05, 4.69) is 27.4 Å². The third-order valence-electron chi connectivity index (χ3n) is 3.90. The number of unbranched alkanes of at least 4 members (excludes halogenated alkanes) is 1. The Hall–Kier alpha value is -0.0800. The van der Waals surface area contributed by atoms with Gasteiger partial charge in [0, 0.05) is 46.4 Å². The number of rotatable bonds is 9. The summed E-state index contributed by atoms with van der Waals surface area (Å²) in [7, 11) is 1.83. The van der Waals surface area contributed by atoms with E-state index in [0.29, 0.717) is 0 Å². The molecule has 1 unspecified atom stereocenters. The average Bonchev–Trinajstić information content (AvgIpc) is 2.49. The van der Waals surface area contributed by atoms with Crippen molar-refractivity contribution >= 4 is 29.9 Å². The molecule has 0 aromatic carbocycles. The van der Waals surface area contributed by atoms with Gasteiger partial charge in [-0.05, 0) is 45.1 Å². The van der Waals surface area contributed by atoms with Gasteiger partial charge in [-0.25, -0.2) is 0 Å². The van der Waals surface area contributed by atoms with E-state index in [1.54, 1.807) is 0 Å². The Kier molecular flexibility index (Phi) is 14.5. The van der Waals surface area contributed by atoms with Crippen LogP contribution in [-0.2, 0) is 4.74 Å². The van der Waals surface area contributed by atoms with Gasteiger partial charge in [0.05, 0.1) is 0 Å². The lowest BCUT2D eigenvalue weighted by Crippen LogP contribution is -2.43. The number of guanidine groups is 1. The van der Waals surface area contributed by atoms with Crippen molar-refractivity contribution < 1.29 is 4.74 Å². The van der Waals surface area contributed by atoms with Gasteiger partial charge in [-0.3, -0.25) is 4.99 Å². The predicted molar refractivity (Wildman–Crippen MR) is 105 cm³/mol. The normalized spacial score (nSPS) is 19.6. The molecular weight excluding hydrogens is 391 g/mol. The van der Waals surface area contributed by atoms with E-state index in [1.807, 2.05) is 14.0 Å². The maximum absolute atomic E-state index is 5.33. The van der Waals surface area contributed by atoms with Gasteiger partial charge in [-0.1, -0.05) is 6.92 Å². The van der Waals surface area contributed by atoms with E-state index < -0.39 is 0 Å². The second kappa shape index (κ2) is 14.5. The lowest BCUT2D eigenvalue weighted by molar-refractivity contribution is 0.143. The summed E-state index contributed by atoms with van der Waals surface area (Å²) in [5, 5.41) is 6.76. The molecule has 1 heterocycles. The summed E-state index contributed by atoms with van der Waals surface area (Å²) in [6.45, 7) is 11.6. The third kappa shape index (κ3) is 10.6. The zero-order valence-corrected chi connectivity index (χ0v) is 16.9. The van der Waals surface area contributed by atoms with Gasteiger partial charge >= 0.3 is 0 Å². The number of nitrogens with one attached hydrogen (secondary N) is 2. The van der Waals surface area contributed by atoms with Crippen LogP contribution in [0.4, 0.5) is 0 Å². The first-order valence-corrected chi connectivity index (χ1v) is 8.50. The number of nitrogens with zero attached hydrogens (tertiary/aromatic N) is 2. The molecule has 0 aromatic heterocycles. The Morgan fingerprint density at radius 3 is 2.73 bits per heavy atom. The highest BCUT2D eigenvalue weighted by molar-refractivity contribution is 14.0. The number of hydrogen-bond donors (Lipinski definition) is 2. The second-order valence-electron chi connectivity index (χ2n) is 5.88. The molecule has 1 atom stereocenters. The van der Waals surface area contributed by atoms with Gasteiger partial charge in [0.15, 0.2) is 5.96 Å². The van der Waals surface area contributed by atoms with E-state index in [4.69, 9.17) is 4.74 Å². The quantitative estimate of drug-likeness (QED) is 0.257. The van der Waals surface area contributed by atoms with Crippen molar-refractivity contribution in [3.63, 3.8) is 0 Å². The smallest absolute Gasteiger partial charge is 0.191 e. The predicted octanol–water partition coefficient (Wildman–Crippen LogP) is 2.32. The summed E-state index contributed by atoms with van der Waals surface area (Å²) in [4.78, 5) is 6.82. The largest absolute Gasteiger partial charge is 0.382 e. The van der Waals surface area contributed by atoms with Crippen LogP contribution in [0, 0.1) is 5.92 Å². The molecule has 22 heavy (non-hydrogen) atoms. The number of halogens is 1. The van der Waals surface area contributed by atoms with Crippen molar-refractivity contribution in [3.8, 4) is 0 Å². The number of aliphatic imine (C=N–C) groups is 1. The van der Waals surface area contributed by atoms with Gasteiger partial charge in [0.2, 0.25) is 0 Å². The lowest BCUT2D eigenvalue weighted by atomic mass is 10.0. The molecule has 1 saturated heterocycles. The fourth-order valence-corrected chi connectivity index (χ4v) is 2.72. The van der Waals surface area contributed by atoms with E-state index in [1.165, 1.54) is 25.9 Å². The van der Waals surface area contributed by atoms with Crippen molar-refractivity contribution in [2.45, 2.75) is 39.5 Å². The molecule has 2 N–H and O–H groups in total. The van der Waals surface area contributed by atoms with Gasteiger partial charge in [-0.2, -0.15) is 0 Å². The highest BCUT2D eigenvalue weighted by atomic mass is 127. The Morgan fingerprint density at radius 1 is 1.27 bits per heavy atom. The molecule has 0 amide bonds. The van der Waals surface area contributed by atoms with Crippen molar-refractivity contribution in [1.29, 1.82) is 0 Å². The Labute approximate surface area is 153 Å². The summed E-state index contributed by atoms with van der Waals surface area (Å²) in [5.41, 5.74) is 0. The molecular formula is C16H35IN4O. The number of hydrogen-bond acceptors (Lipinski definition) is 3. The SMILES string of the molecule is CCOCCCCNC(=NC)NCCN1CCCC(C)C1.I. The zero-order chi connectivity index (χ0) is 15.3. The van der Waals surface area contributed by atoms with Crippen LogP contribution in [-0.4, -0.2) is 63.8 Å². The van der Waals surface area contributed by atoms with Gasteiger partial charge in [-0.15, -0.1) is 24.0 Å². The highest BCUT2D eigenvalue weighted by Gasteiger charge is 2.15. The van der Waals surface area contributed by atoms with Crippen molar-refractivity contribution in [3.05, 3.63) is 0 Å². The molecule has 0 aromatic rings. The van der Waals surface area contributed by atoms with E-state index in [0.717, 1.165) is 57.6 Å². The molecule has 0 spiro atoms. The number of likely N-dealkylation sites (tertiary alicyclic amines) is 1. The van der Waals surface area contributed by atoms with Crippen LogP contribution < -0.4 is 10.6 Å². The topological polar surface area (TPSA) is 48.9 Å². The number of ether oxygens (including phenoxy) is 1. The minimum absolute atomic E-state index is 0. The van der Waals surface area contributed by atoms with E-state index >= 15 is 0 Å². The minimum atomic E-state index is 0. The standard InChI is InChI=1S/C16H34N4O.HI/c1-4-21-13-6-5-9-18-16(17-3)19-10-12-20-11-7-8-15(2)14-20;/h15H,4-14H2,1-3H3,(H2,17,18,19);1H. The Morgan fingerprint density at radius 2 is 2.05 bits per heavy atom. The van der Waals surface area contributed by atoms with Crippen LogP contribution in [0.3, 0.4) is 0 Å². The van der Waals surface area contributed by atoms with Gasteiger partial charge in [0.25, 0.3) is 0 Å². The first-order chi connectivity index (χ1) is 10.3. The monoisotopic (exact) mass is 426 g/mol. The van der Waals surface area contributed by atoms with Crippen LogP contribution in [0.25, 0.3) is 0 Å². The van der Waals surface area contributed by atoms with E-state index in [-0.39, 0.29) is 24.0 Å². The molecule has 1 fully saturated rings. The fraction of sp³-hybridized carbons (Fsp3) is 0.938. The van der Waals surface area contributed by atoms with E-state index in [9.17, 15) is 0 Å². The molecule has 1 aliphatic rings. The van der Waals surface area contributed by atoms with Crippen LogP contribution in [0.1, 0.15) is 39.5 Å². The first-order valence-electron chi connectivity index (χ1n) is 8.50. The zero-order valence-electron chi connectivity index (χ0n) is 14.6. The summed E-state index contributed by atoms with van der Waals surface area (Å²) in [6.07, 6.45) is 4.94. The Bertz CT molecular complexity index is 289. The highest BCUT2D eigenvalue weighted by Crippen LogP contribution is 2.14. The molecule has 132 valence electrons. The molecule has 1 aliphatic heterocycles. The summed E-state index contributed by atoms with van der Waals surface area (Å²) in [5.74, 6) is 1.76. The summed E-state index contributed by atoms with van der Waals surface area (Å²) < 4.78 is 5.33. The average molecular weight is 426 g/mol. The molecule has 0 saturated carbocycles. The van der Waals surface area contributed by atoms with Crippen LogP contribution in [0.5, 0.6) is 0 Å². The molecule has 5 nitrogen and oxygen atoms in total. The molecule has 1 rings (SSSR count). The summed E-state index contributed by atoms with van der Waals surface area (Å²) in [6, 6.07) is 0.